The number of carbonyl (C=O) groups is 1. The van der Waals surface area contributed by atoms with Crippen LogP contribution in [0.3, 0.4) is 0 Å². The lowest BCUT2D eigenvalue weighted by Crippen LogP contribution is -2.37. The van der Waals surface area contributed by atoms with Crippen molar-refractivity contribution in [2.75, 3.05) is 50.1 Å². The highest BCUT2D eigenvalue weighted by Gasteiger charge is 2.14. The summed E-state index contributed by atoms with van der Waals surface area (Å²) in [5.74, 6) is 1.01. The van der Waals surface area contributed by atoms with Crippen LogP contribution >= 0.6 is 0 Å². The second-order valence-corrected chi connectivity index (χ2v) is 8.42. The van der Waals surface area contributed by atoms with Crippen molar-refractivity contribution in [3.8, 4) is 11.4 Å². The third kappa shape index (κ3) is 5.75. The van der Waals surface area contributed by atoms with Crippen LogP contribution in [0.15, 0.2) is 55.1 Å². The summed E-state index contributed by atoms with van der Waals surface area (Å²) in [5, 5.41) is 15.3. The van der Waals surface area contributed by atoms with Crippen molar-refractivity contribution in [2.24, 2.45) is 0 Å². The Balaban J connectivity index is 1.36. The maximum absolute atomic E-state index is 11.9. The Bertz CT molecular complexity index is 1320. The van der Waals surface area contributed by atoms with Gasteiger partial charge in [-0.2, -0.15) is 15.0 Å². The quantitative estimate of drug-likeness (QED) is 0.343. The first-order valence-electron chi connectivity index (χ1n) is 11.9. The molecule has 3 heterocycles. The Hall–Kier alpha value is -4.09. The highest BCUT2D eigenvalue weighted by atomic mass is 16.5. The molecule has 0 unspecified atom stereocenters. The van der Waals surface area contributed by atoms with E-state index in [0.717, 1.165) is 56.0 Å². The molecule has 0 saturated carbocycles. The number of rotatable bonds is 9. The SMILES string of the molecule is CC(=O)Nc1cc2c(Nc3cccc(-n4nccn4)c3)ncnc2cc1OCCCN1CCOCC1. The lowest BCUT2D eigenvalue weighted by Gasteiger charge is -2.26. The number of aromatic nitrogens is 5. The molecular formula is C25H28N8O3. The molecule has 0 radical (unpaired) electrons. The zero-order chi connectivity index (χ0) is 24.7. The van der Waals surface area contributed by atoms with Crippen LogP contribution in [-0.4, -0.2) is 75.2 Å². The van der Waals surface area contributed by atoms with Crippen molar-refractivity contribution in [1.82, 2.24) is 29.9 Å². The van der Waals surface area contributed by atoms with Gasteiger partial charge in [-0.15, -0.1) is 0 Å². The Morgan fingerprint density at radius 3 is 2.75 bits per heavy atom. The molecule has 0 atom stereocenters. The van der Waals surface area contributed by atoms with Crippen LogP contribution < -0.4 is 15.4 Å². The standard InChI is InChI=1S/C25H28N8O3/c1-18(34)30-23-15-21-22(16-24(23)36-11-3-8-32-9-12-35-13-10-32)26-17-27-25(21)31-19-4-2-5-20(14-19)33-28-6-7-29-33/h2,4-7,14-17H,3,8-13H2,1H3,(H,30,34)(H,26,27,31). The number of nitrogens with zero attached hydrogens (tertiary/aromatic N) is 6. The van der Waals surface area contributed by atoms with Gasteiger partial charge in [-0.3, -0.25) is 9.69 Å². The minimum atomic E-state index is -0.182. The van der Waals surface area contributed by atoms with E-state index in [4.69, 9.17) is 9.47 Å². The summed E-state index contributed by atoms with van der Waals surface area (Å²) in [6.07, 6.45) is 5.63. The maximum atomic E-state index is 11.9. The third-order valence-corrected chi connectivity index (χ3v) is 5.79. The van der Waals surface area contributed by atoms with Gasteiger partial charge in [0.15, 0.2) is 0 Å². The number of amides is 1. The van der Waals surface area contributed by atoms with E-state index in [9.17, 15) is 4.79 Å². The van der Waals surface area contributed by atoms with E-state index in [1.54, 1.807) is 17.2 Å². The van der Waals surface area contributed by atoms with Crippen LogP contribution in [0.2, 0.25) is 0 Å². The number of hydrogen-bond donors (Lipinski definition) is 2. The van der Waals surface area contributed by atoms with Crippen molar-refractivity contribution in [3.05, 3.63) is 55.1 Å². The minimum Gasteiger partial charge on any atom is -0.491 e. The fourth-order valence-electron chi connectivity index (χ4n) is 4.08. The lowest BCUT2D eigenvalue weighted by atomic mass is 10.1. The summed E-state index contributed by atoms with van der Waals surface area (Å²) in [6.45, 7) is 6.39. The van der Waals surface area contributed by atoms with Gasteiger partial charge in [-0.25, -0.2) is 9.97 Å². The van der Waals surface area contributed by atoms with Crippen molar-refractivity contribution < 1.29 is 14.3 Å². The summed E-state index contributed by atoms with van der Waals surface area (Å²) < 4.78 is 11.5. The van der Waals surface area contributed by atoms with Crippen molar-refractivity contribution in [2.45, 2.75) is 13.3 Å². The predicted octanol–water partition coefficient (Wildman–Crippen LogP) is 3.01. The molecule has 0 spiro atoms. The molecule has 2 aromatic heterocycles. The van der Waals surface area contributed by atoms with E-state index in [2.05, 4.69) is 35.7 Å². The number of hydrogen-bond acceptors (Lipinski definition) is 9. The number of carbonyl (C=O) groups excluding carboxylic acids is 1. The minimum absolute atomic E-state index is 0.182. The second-order valence-electron chi connectivity index (χ2n) is 8.42. The fraction of sp³-hybridized carbons (Fsp3) is 0.320. The van der Waals surface area contributed by atoms with Crippen LogP contribution in [0, 0.1) is 0 Å². The van der Waals surface area contributed by atoms with E-state index >= 15 is 0 Å². The van der Waals surface area contributed by atoms with Gasteiger partial charge in [-0.05, 0) is 30.7 Å². The van der Waals surface area contributed by atoms with Crippen molar-refractivity contribution in [3.63, 3.8) is 0 Å². The number of fused-ring (bicyclic) bond motifs is 1. The number of benzene rings is 2. The molecule has 1 amide bonds. The molecule has 11 nitrogen and oxygen atoms in total. The van der Waals surface area contributed by atoms with Crippen LogP contribution in [0.1, 0.15) is 13.3 Å². The number of ether oxygens (including phenoxy) is 2. The highest BCUT2D eigenvalue weighted by Crippen LogP contribution is 2.33. The van der Waals surface area contributed by atoms with Gasteiger partial charge in [0.05, 0.1) is 49.1 Å². The van der Waals surface area contributed by atoms with Crippen molar-refractivity contribution >= 4 is 34.0 Å². The van der Waals surface area contributed by atoms with Gasteiger partial charge in [0, 0.05) is 43.7 Å². The third-order valence-electron chi connectivity index (χ3n) is 5.79. The number of nitrogens with one attached hydrogen (secondary N) is 2. The molecule has 1 aliphatic rings. The van der Waals surface area contributed by atoms with E-state index in [1.807, 2.05) is 36.4 Å². The van der Waals surface area contributed by atoms with Crippen LogP contribution in [0.4, 0.5) is 17.2 Å². The van der Waals surface area contributed by atoms with Gasteiger partial charge >= 0.3 is 0 Å². The molecule has 0 bridgehead atoms. The lowest BCUT2D eigenvalue weighted by molar-refractivity contribution is -0.114. The highest BCUT2D eigenvalue weighted by molar-refractivity contribution is 5.99. The summed E-state index contributed by atoms with van der Waals surface area (Å²) in [6, 6.07) is 11.4. The van der Waals surface area contributed by atoms with E-state index in [-0.39, 0.29) is 5.91 Å². The van der Waals surface area contributed by atoms with Crippen LogP contribution in [0.5, 0.6) is 5.75 Å². The first-order valence-corrected chi connectivity index (χ1v) is 11.9. The molecule has 186 valence electrons. The zero-order valence-electron chi connectivity index (χ0n) is 20.1. The first kappa shape index (κ1) is 23.6. The van der Waals surface area contributed by atoms with Crippen LogP contribution in [-0.2, 0) is 9.53 Å². The molecule has 1 fully saturated rings. The topological polar surface area (TPSA) is 119 Å². The fourth-order valence-corrected chi connectivity index (χ4v) is 4.08. The molecular weight excluding hydrogens is 460 g/mol. The molecule has 5 rings (SSSR count). The van der Waals surface area contributed by atoms with E-state index in [0.29, 0.717) is 29.4 Å². The second kappa shape index (κ2) is 11.1. The normalized spacial score (nSPS) is 14.0. The van der Waals surface area contributed by atoms with Gasteiger partial charge in [0.1, 0.15) is 17.9 Å². The molecule has 2 N–H and O–H groups in total. The van der Waals surface area contributed by atoms with Crippen LogP contribution in [0.25, 0.3) is 16.6 Å². The van der Waals surface area contributed by atoms with E-state index in [1.165, 1.54) is 13.3 Å². The van der Waals surface area contributed by atoms with Gasteiger partial charge in [-0.1, -0.05) is 6.07 Å². The monoisotopic (exact) mass is 488 g/mol. The molecule has 1 saturated heterocycles. The molecule has 1 aliphatic heterocycles. The Kier molecular flexibility index (Phi) is 7.29. The molecule has 4 aromatic rings. The predicted molar refractivity (Wildman–Crippen MR) is 136 cm³/mol. The number of morpholine rings is 1. The molecule has 36 heavy (non-hydrogen) atoms. The summed E-state index contributed by atoms with van der Waals surface area (Å²) in [4.78, 5) is 24.7. The number of anilines is 3. The summed E-state index contributed by atoms with van der Waals surface area (Å²) in [5.41, 5.74) is 2.91. The summed E-state index contributed by atoms with van der Waals surface area (Å²) in [7, 11) is 0. The summed E-state index contributed by atoms with van der Waals surface area (Å²) >= 11 is 0. The van der Waals surface area contributed by atoms with E-state index < -0.39 is 0 Å². The molecule has 2 aromatic carbocycles. The molecule has 11 heteroatoms. The first-order chi connectivity index (χ1) is 17.7. The van der Waals surface area contributed by atoms with Gasteiger partial charge in [0.25, 0.3) is 0 Å². The zero-order valence-corrected chi connectivity index (χ0v) is 20.1. The van der Waals surface area contributed by atoms with Gasteiger partial charge in [0.2, 0.25) is 5.91 Å². The Morgan fingerprint density at radius 2 is 1.94 bits per heavy atom. The average Bonchev–Trinajstić information content (AvgIpc) is 3.43. The Morgan fingerprint density at radius 1 is 1.11 bits per heavy atom. The van der Waals surface area contributed by atoms with Gasteiger partial charge < -0.3 is 20.1 Å². The smallest absolute Gasteiger partial charge is 0.221 e. The largest absolute Gasteiger partial charge is 0.491 e. The van der Waals surface area contributed by atoms with Crippen molar-refractivity contribution in [1.29, 1.82) is 0 Å². The Labute approximate surface area is 208 Å². The average molecular weight is 489 g/mol. The molecule has 0 aliphatic carbocycles. The maximum Gasteiger partial charge on any atom is 0.221 e.